The average Bonchev–Trinajstić information content (AvgIpc) is 3.10. The molecule has 0 spiro atoms. The second-order valence-corrected chi connectivity index (χ2v) is 11.6. The van der Waals surface area contributed by atoms with Crippen LogP contribution in [0.25, 0.3) is 87.2 Å². The Labute approximate surface area is 256 Å². The predicted molar refractivity (Wildman–Crippen MR) is 190 cm³/mol. The predicted octanol–water partition coefficient (Wildman–Crippen LogP) is 12.5. The molecule has 0 saturated carbocycles. The first-order valence-corrected chi connectivity index (χ1v) is 15.3. The van der Waals surface area contributed by atoms with E-state index in [0.29, 0.717) is 0 Å². The lowest BCUT2D eigenvalue weighted by atomic mass is 9.82. The smallest absolute Gasteiger partial charge is 0.00199 e. The first kappa shape index (κ1) is 24.8. The van der Waals surface area contributed by atoms with Crippen molar-refractivity contribution in [1.29, 1.82) is 0 Å². The normalized spacial score (nSPS) is 11.6. The van der Waals surface area contributed by atoms with Gasteiger partial charge in [-0.1, -0.05) is 164 Å². The lowest BCUT2D eigenvalue weighted by molar-refractivity contribution is 1.61. The van der Waals surface area contributed by atoms with E-state index in [9.17, 15) is 0 Å². The van der Waals surface area contributed by atoms with E-state index in [-0.39, 0.29) is 0 Å². The van der Waals surface area contributed by atoms with E-state index >= 15 is 0 Å². The van der Waals surface area contributed by atoms with Crippen molar-refractivity contribution in [2.75, 3.05) is 0 Å². The van der Waals surface area contributed by atoms with Crippen LogP contribution in [-0.4, -0.2) is 0 Å². The Hall–Kier alpha value is -5.72. The maximum Gasteiger partial charge on any atom is -0.00199 e. The average molecular weight is 557 g/mol. The summed E-state index contributed by atoms with van der Waals surface area (Å²) in [5.74, 6) is 0. The molecule has 0 atom stereocenters. The molecule has 0 heterocycles. The molecule has 9 aromatic carbocycles. The van der Waals surface area contributed by atoms with Crippen molar-refractivity contribution in [3.63, 3.8) is 0 Å². The quantitative estimate of drug-likeness (QED) is 0.150. The highest BCUT2D eigenvalue weighted by atomic mass is 14.2. The molecular weight excluding hydrogens is 528 g/mol. The van der Waals surface area contributed by atoms with Gasteiger partial charge in [0.2, 0.25) is 0 Å². The van der Waals surface area contributed by atoms with E-state index in [2.05, 4.69) is 170 Å². The lowest BCUT2D eigenvalue weighted by Crippen LogP contribution is -1.93. The van der Waals surface area contributed by atoms with Crippen LogP contribution in [0.4, 0.5) is 0 Å². The van der Waals surface area contributed by atoms with E-state index in [1.807, 2.05) is 0 Å². The molecule has 0 radical (unpaired) electrons. The monoisotopic (exact) mass is 556 g/mol. The maximum absolute atomic E-state index is 2.43. The Morgan fingerprint density at radius 1 is 0.250 bits per heavy atom. The molecule has 0 aliphatic carbocycles. The molecule has 0 aliphatic heterocycles. The van der Waals surface area contributed by atoms with Gasteiger partial charge in [0.05, 0.1) is 0 Å². The molecule has 0 N–H and O–H groups in total. The fraction of sp³-hybridized carbons (Fsp3) is 0. The number of benzene rings is 9. The highest BCUT2D eigenvalue weighted by molar-refractivity contribution is 6.28. The summed E-state index contributed by atoms with van der Waals surface area (Å²) in [6.45, 7) is 0. The molecule has 9 rings (SSSR count). The maximum atomic E-state index is 2.43. The van der Waals surface area contributed by atoms with Gasteiger partial charge in [-0.3, -0.25) is 0 Å². The minimum absolute atomic E-state index is 1.23. The zero-order chi connectivity index (χ0) is 29.0. The summed E-state index contributed by atoms with van der Waals surface area (Å²) >= 11 is 0. The second-order valence-electron chi connectivity index (χ2n) is 11.6. The number of hydrogen-bond donors (Lipinski definition) is 0. The van der Waals surface area contributed by atoms with Crippen LogP contribution in [0.5, 0.6) is 0 Å². The zero-order valence-electron chi connectivity index (χ0n) is 24.2. The fourth-order valence-electron chi connectivity index (χ4n) is 7.36. The van der Waals surface area contributed by atoms with Gasteiger partial charge in [-0.2, -0.15) is 0 Å². The molecule has 0 bridgehead atoms. The van der Waals surface area contributed by atoms with Gasteiger partial charge >= 0.3 is 0 Å². The molecule has 0 nitrogen and oxygen atoms in total. The van der Waals surface area contributed by atoms with Crippen LogP contribution < -0.4 is 0 Å². The highest BCUT2D eigenvalue weighted by Crippen LogP contribution is 2.48. The van der Waals surface area contributed by atoms with Crippen molar-refractivity contribution in [1.82, 2.24) is 0 Å². The Balaban J connectivity index is 1.44. The molecule has 204 valence electrons. The lowest BCUT2D eigenvalue weighted by Gasteiger charge is -2.21. The van der Waals surface area contributed by atoms with Gasteiger partial charge < -0.3 is 0 Å². The molecule has 0 saturated heterocycles. The Morgan fingerprint density at radius 3 is 1.36 bits per heavy atom. The van der Waals surface area contributed by atoms with E-state index in [1.165, 1.54) is 87.2 Å². The number of rotatable bonds is 3. The SMILES string of the molecule is c1ccc(-c2ccccc2-c2c3ccccc3c(-c3cc4ccc5ccccc5c4c4ccccc34)c3ccccc23)cc1. The summed E-state index contributed by atoms with van der Waals surface area (Å²) < 4.78 is 0. The van der Waals surface area contributed by atoms with Gasteiger partial charge in [0.15, 0.2) is 0 Å². The van der Waals surface area contributed by atoms with Gasteiger partial charge in [0, 0.05) is 0 Å². The Kier molecular flexibility index (Phi) is 5.61. The minimum atomic E-state index is 1.23. The molecule has 0 aromatic heterocycles. The van der Waals surface area contributed by atoms with Crippen LogP contribution in [0, 0.1) is 0 Å². The largest absolute Gasteiger partial charge is 0.0622 e. The number of hydrogen-bond acceptors (Lipinski definition) is 0. The molecule has 44 heavy (non-hydrogen) atoms. The van der Waals surface area contributed by atoms with Crippen LogP contribution in [0.1, 0.15) is 0 Å². The van der Waals surface area contributed by atoms with Crippen molar-refractivity contribution in [3.8, 4) is 33.4 Å². The first-order chi connectivity index (χ1) is 21.9. The third-order valence-corrected chi connectivity index (χ3v) is 9.23. The molecule has 0 heteroatoms. The van der Waals surface area contributed by atoms with E-state index in [1.54, 1.807) is 0 Å². The molecule has 0 aliphatic rings. The van der Waals surface area contributed by atoms with Gasteiger partial charge in [-0.15, -0.1) is 0 Å². The summed E-state index contributed by atoms with van der Waals surface area (Å²) in [5.41, 5.74) is 7.59. The van der Waals surface area contributed by atoms with Crippen molar-refractivity contribution >= 4 is 53.9 Å². The highest BCUT2D eigenvalue weighted by Gasteiger charge is 2.20. The minimum Gasteiger partial charge on any atom is -0.0622 e. The summed E-state index contributed by atoms with van der Waals surface area (Å²) in [6, 6.07) is 62.2. The molecular formula is C44H28. The standard InChI is InChI=1S/C44H28/c1-2-14-29(15-3-1)32-17-6-8-20-35(32)43-37-22-10-12-24-39(37)44(40-25-13-11-23-38(40)43)41-28-31-27-26-30-16-4-5-18-33(30)42(31)36-21-9-7-19-34(36)41/h1-28H. The summed E-state index contributed by atoms with van der Waals surface area (Å²) in [4.78, 5) is 0. The van der Waals surface area contributed by atoms with Crippen LogP contribution in [0.2, 0.25) is 0 Å². The van der Waals surface area contributed by atoms with Crippen molar-refractivity contribution in [2.45, 2.75) is 0 Å². The molecule has 0 amide bonds. The Morgan fingerprint density at radius 2 is 0.705 bits per heavy atom. The number of fused-ring (bicyclic) bond motifs is 7. The summed E-state index contributed by atoms with van der Waals surface area (Å²) in [6.07, 6.45) is 0. The summed E-state index contributed by atoms with van der Waals surface area (Å²) in [5, 5.41) is 12.8. The van der Waals surface area contributed by atoms with Gasteiger partial charge in [0.1, 0.15) is 0 Å². The van der Waals surface area contributed by atoms with Crippen LogP contribution in [-0.2, 0) is 0 Å². The van der Waals surface area contributed by atoms with Crippen molar-refractivity contribution < 1.29 is 0 Å². The fourth-order valence-corrected chi connectivity index (χ4v) is 7.36. The van der Waals surface area contributed by atoms with Crippen LogP contribution >= 0.6 is 0 Å². The molecule has 0 fully saturated rings. The third-order valence-electron chi connectivity index (χ3n) is 9.23. The van der Waals surface area contributed by atoms with Crippen molar-refractivity contribution in [2.24, 2.45) is 0 Å². The van der Waals surface area contributed by atoms with Gasteiger partial charge in [0.25, 0.3) is 0 Å². The van der Waals surface area contributed by atoms with E-state index in [4.69, 9.17) is 0 Å². The van der Waals surface area contributed by atoms with Crippen LogP contribution in [0.15, 0.2) is 170 Å². The van der Waals surface area contributed by atoms with Gasteiger partial charge in [-0.05, 0) is 93.3 Å². The molecule has 9 aromatic rings. The summed E-state index contributed by atoms with van der Waals surface area (Å²) in [7, 11) is 0. The zero-order valence-corrected chi connectivity index (χ0v) is 24.2. The van der Waals surface area contributed by atoms with Crippen molar-refractivity contribution in [3.05, 3.63) is 170 Å². The Bertz CT molecular complexity index is 2480. The van der Waals surface area contributed by atoms with E-state index in [0.717, 1.165) is 0 Å². The second kappa shape index (κ2) is 9.93. The van der Waals surface area contributed by atoms with Gasteiger partial charge in [-0.25, -0.2) is 0 Å². The van der Waals surface area contributed by atoms with Crippen LogP contribution in [0.3, 0.4) is 0 Å². The van der Waals surface area contributed by atoms with E-state index < -0.39 is 0 Å². The molecule has 0 unspecified atom stereocenters. The third kappa shape index (κ3) is 3.71. The first-order valence-electron chi connectivity index (χ1n) is 15.3. The topological polar surface area (TPSA) is 0 Å².